The van der Waals surface area contributed by atoms with Gasteiger partial charge >= 0.3 is 5.97 Å². The number of benzene rings is 3. The Hall–Kier alpha value is -3.98. The highest BCUT2D eigenvalue weighted by atomic mass is 32.2. The molecule has 3 rings (SSSR count). The fourth-order valence-corrected chi connectivity index (χ4v) is 3.33. The molecule has 0 spiro atoms. The van der Waals surface area contributed by atoms with Gasteiger partial charge < -0.3 is 4.74 Å². The molecule has 9 heteroatoms. The Morgan fingerprint density at radius 2 is 1.69 bits per heavy atom. The summed E-state index contributed by atoms with van der Waals surface area (Å²) in [6, 6.07) is 21.6. The third kappa shape index (κ3) is 7.06. The first kappa shape index (κ1) is 22.7. The van der Waals surface area contributed by atoms with E-state index in [1.54, 1.807) is 60.7 Å². The molecule has 0 heterocycles. The van der Waals surface area contributed by atoms with E-state index in [-0.39, 0.29) is 17.3 Å². The number of carbonyl (C=O) groups excluding carboxylic acids is 2. The standard InChI is InChI=1S/C23H19N3O5S/c27-22(16-32-15-18-6-10-20(11-7-18)26(29)30)25-24-14-17-8-12-21(13-9-17)31-23(28)19-4-2-1-3-5-19/h1-14H,15-16H2,(H,25,27)/b24-14-. The third-order valence-electron chi connectivity index (χ3n) is 4.15. The molecule has 0 aromatic heterocycles. The van der Waals surface area contributed by atoms with E-state index in [1.807, 2.05) is 6.07 Å². The maximum atomic E-state index is 12.0. The molecule has 3 aromatic rings. The summed E-state index contributed by atoms with van der Waals surface area (Å²) >= 11 is 1.38. The van der Waals surface area contributed by atoms with Crippen LogP contribution in [0.3, 0.4) is 0 Å². The minimum absolute atomic E-state index is 0.0354. The van der Waals surface area contributed by atoms with Crippen LogP contribution >= 0.6 is 11.8 Å². The van der Waals surface area contributed by atoms with Crippen LogP contribution in [0.5, 0.6) is 5.75 Å². The van der Waals surface area contributed by atoms with Crippen LogP contribution in [0.4, 0.5) is 5.69 Å². The van der Waals surface area contributed by atoms with Gasteiger partial charge in [0.25, 0.3) is 5.69 Å². The number of nitro groups is 1. The van der Waals surface area contributed by atoms with E-state index in [4.69, 9.17) is 4.74 Å². The van der Waals surface area contributed by atoms with E-state index in [0.29, 0.717) is 17.1 Å². The molecule has 3 aromatic carbocycles. The van der Waals surface area contributed by atoms with Crippen LogP contribution in [-0.2, 0) is 10.5 Å². The molecule has 32 heavy (non-hydrogen) atoms. The van der Waals surface area contributed by atoms with Gasteiger partial charge in [0.05, 0.1) is 22.5 Å². The van der Waals surface area contributed by atoms with Gasteiger partial charge in [-0.3, -0.25) is 14.9 Å². The zero-order valence-electron chi connectivity index (χ0n) is 16.8. The Balaban J connectivity index is 1.39. The fraction of sp³-hybridized carbons (Fsp3) is 0.0870. The van der Waals surface area contributed by atoms with Crippen molar-refractivity contribution in [2.45, 2.75) is 5.75 Å². The number of carbonyl (C=O) groups is 2. The van der Waals surface area contributed by atoms with Gasteiger partial charge in [0, 0.05) is 17.9 Å². The van der Waals surface area contributed by atoms with Crippen LogP contribution in [0.1, 0.15) is 21.5 Å². The van der Waals surface area contributed by atoms with Gasteiger partial charge in [-0.05, 0) is 47.5 Å². The van der Waals surface area contributed by atoms with E-state index < -0.39 is 10.9 Å². The van der Waals surface area contributed by atoms with Gasteiger partial charge in [-0.25, -0.2) is 10.2 Å². The summed E-state index contributed by atoms with van der Waals surface area (Å²) in [5, 5.41) is 14.6. The maximum absolute atomic E-state index is 12.0. The Morgan fingerprint density at radius 3 is 2.34 bits per heavy atom. The first-order valence-electron chi connectivity index (χ1n) is 9.51. The van der Waals surface area contributed by atoms with Crippen LogP contribution in [-0.4, -0.2) is 28.8 Å². The molecule has 0 unspecified atom stereocenters. The minimum Gasteiger partial charge on any atom is -0.423 e. The highest BCUT2D eigenvalue weighted by Gasteiger charge is 2.07. The first-order chi connectivity index (χ1) is 15.5. The van der Waals surface area contributed by atoms with Crippen molar-refractivity contribution in [3.63, 3.8) is 0 Å². The van der Waals surface area contributed by atoms with E-state index in [2.05, 4.69) is 10.5 Å². The number of nitrogens with one attached hydrogen (secondary N) is 1. The molecule has 0 bridgehead atoms. The number of non-ortho nitro benzene ring substituents is 1. The Kier molecular flexibility index (Phi) is 8.10. The molecule has 0 saturated carbocycles. The number of hydrogen-bond donors (Lipinski definition) is 1. The van der Waals surface area contributed by atoms with Crippen LogP contribution in [0.2, 0.25) is 0 Å². The predicted octanol–water partition coefficient (Wildman–Crippen LogP) is 4.20. The number of hydrogen-bond acceptors (Lipinski definition) is 7. The molecule has 0 atom stereocenters. The molecule has 8 nitrogen and oxygen atoms in total. The number of ether oxygens (including phenoxy) is 1. The Morgan fingerprint density at radius 1 is 1.00 bits per heavy atom. The fourth-order valence-electron chi connectivity index (χ4n) is 2.55. The monoisotopic (exact) mass is 449 g/mol. The summed E-state index contributed by atoms with van der Waals surface area (Å²) in [6.45, 7) is 0. The summed E-state index contributed by atoms with van der Waals surface area (Å²) in [5.74, 6) is 0.454. The van der Waals surface area contributed by atoms with Crippen LogP contribution < -0.4 is 10.2 Å². The second-order valence-corrected chi connectivity index (χ2v) is 7.52. The van der Waals surface area contributed by atoms with Gasteiger partial charge in [0.2, 0.25) is 5.91 Å². The lowest BCUT2D eigenvalue weighted by Gasteiger charge is -2.04. The van der Waals surface area contributed by atoms with Gasteiger partial charge in [0.15, 0.2) is 0 Å². The SMILES string of the molecule is O=C(CSCc1ccc([N+](=O)[O-])cc1)N/N=C\c1ccc(OC(=O)c2ccccc2)cc1. The van der Waals surface area contributed by atoms with Crippen molar-refractivity contribution < 1.29 is 19.2 Å². The largest absolute Gasteiger partial charge is 0.423 e. The summed E-state index contributed by atoms with van der Waals surface area (Å²) in [7, 11) is 0. The van der Waals surface area contributed by atoms with Crippen molar-refractivity contribution in [3.05, 3.63) is 106 Å². The second-order valence-electron chi connectivity index (χ2n) is 6.53. The lowest BCUT2D eigenvalue weighted by molar-refractivity contribution is -0.384. The lowest BCUT2D eigenvalue weighted by atomic mass is 10.2. The molecule has 162 valence electrons. The third-order valence-corrected chi connectivity index (χ3v) is 5.16. The van der Waals surface area contributed by atoms with Crippen molar-refractivity contribution in [1.29, 1.82) is 0 Å². The van der Waals surface area contributed by atoms with Crippen LogP contribution in [0.15, 0.2) is 84.0 Å². The molecule has 0 aliphatic heterocycles. The summed E-state index contributed by atoms with van der Waals surface area (Å²) < 4.78 is 5.31. The van der Waals surface area contributed by atoms with E-state index in [9.17, 15) is 19.7 Å². The number of hydrazone groups is 1. The minimum atomic E-state index is -0.451. The van der Waals surface area contributed by atoms with Crippen molar-refractivity contribution in [1.82, 2.24) is 5.43 Å². The molecule has 0 aliphatic rings. The van der Waals surface area contributed by atoms with Crippen LogP contribution in [0.25, 0.3) is 0 Å². The number of thioether (sulfide) groups is 1. The number of amides is 1. The zero-order chi connectivity index (χ0) is 22.8. The van der Waals surface area contributed by atoms with E-state index in [0.717, 1.165) is 11.1 Å². The first-order valence-corrected chi connectivity index (χ1v) is 10.7. The van der Waals surface area contributed by atoms with E-state index in [1.165, 1.54) is 30.1 Å². The van der Waals surface area contributed by atoms with E-state index >= 15 is 0 Å². The molecular formula is C23H19N3O5S. The molecule has 0 aliphatic carbocycles. The number of nitrogens with zero attached hydrogens (tertiary/aromatic N) is 2. The van der Waals surface area contributed by atoms with Gasteiger partial charge in [-0.15, -0.1) is 11.8 Å². The average molecular weight is 449 g/mol. The van der Waals surface area contributed by atoms with Gasteiger partial charge in [-0.2, -0.15) is 5.10 Å². The average Bonchev–Trinajstić information content (AvgIpc) is 2.81. The maximum Gasteiger partial charge on any atom is 0.343 e. The Bertz CT molecular complexity index is 1100. The highest BCUT2D eigenvalue weighted by molar-refractivity contribution is 7.99. The topological polar surface area (TPSA) is 111 Å². The van der Waals surface area contributed by atoms with Crippen molar-refractivity contribution in [3.8, 4) is 5.75 Å². The molecule has 0 saturated heterocycles. The van der Waals surface area contributed by atoms with Crippen LogP contribution in [0, 0.1) is 10.1 Å². The Labute approximate surface area is 188 Å². The zero-order valence-corrected chi connectivity index (χ0v) is 17.7. The normalized spacial score (nSPS) is 10.6. The summed E-state index contributed by atoms with van der Waals surface area (Å²) in [6.07, 6.45) is 1.49. The second kappa shape index (κ2) is 11.4. The number of rotatable bonds is 9. The molecule has 1 N–H and O–H groups in total. The lowest BCUT2D eigenvalue weighted by Crippen LogP contribution is -2.19. The summed E-state index contributed by atoms with van der Waals surface area (Å²) in [4.78, 5) is 34.1. The molecular weight excluding hydrogens is 430 g/mol. The van der Waals surface area contributed by atoms with Gasteiger partial charge in [-0.1, -0.05) is 30.3 Å². The van der Waals surface area contributed by atoms with Crippen molar-refractivity contribution in [2.75, 3.05) is 5.75 Å². The highest BCUT2D eigenvalue weighted by Crippen LogP contribution is 2.17. The smallest absolute Gasteiger partial charge is 0.343 e. The van der Waals surface area contributed by atoms with Gasteiger partial charge in [0.1, 0.15) is 5.75 Å². The van der Waals surface area contributed by atoms with Crippen molar-refractivity contribution >= 4 is 35.5 Å². The summed E-state index contributed by atoms with van der Waals surface area (Å²) in [5.41, 5.74) is 4.56. The quantitative estimate of drug-likeness (QED) is 0.172. The molecule has 0 radical (unpaired) electrons. The molecule has 1 amide bonds. The molecule has 0 fully saturated rings. The predicted molar refractivity (Wildman–Crippen MR) is 123 cm³/mol. The van der Waals surface area contributed by atoms with Crippen molar-refractivity contribution in [2.24, 2.45) is 5.10 Å². The number of esters is 1. The number of nitro benzene ring substituents is 1.